The Balaban J connectivity index is 1.42. The highest BCUT2D eigenvalue weighted by Crippen LogP contribution is 2.45. The summed E-state index contributed by atoms with van der Waals surface area (Å²) in [6.45, 7) is 4.19. The molecule has 0 amide bonds. The molecule has 0 saturated heterocycles. The standard InChI is InChI=1S/C43H32N6O/c1-24-9-12-26(13-10-24)35-22-32(30-15-14-29-21-31(50-3)17-16-28(29)20-30)37-40-38(42(44)46-23-45-40)41(49-43(37)48-35)36-33-19-25(2)11-18-34(33)47-39(36)27-7-5-4-6-8-27/h4-23,47H,1-3H3,(H2,44,45,46). The van der Waals surface area contributed by atoms with Gasteiger partial charge in [-0.3, -0.25) is 0 Å². The molecule has 9 aromatic rings. The first-order chi connectivity index (χ1) is 24.4. The maximum atomic E-state index is 6.81. The van der Waals surface area contributed by atoms with Gasteiger partial charge in [-0.25, -0.2) is 19.9 Å². The molecule has 0 radical (unpaired) electrons. The summed E-state index contributed by atoms with van der Waals surface area (Å²) in [4.78, 5) is 23.8. The molecule has 0 fully saturated rings. The molecular formula is C43H32N6O. The van der Waals surface area contributed by atoms with Crippen LogP contribution in [0.2, 0.25) is 0 Å². The number of aromatic amines is 1. The second-order valence-corrected chi connectivity index (χ2v) is 12.8. The normalized spacial score (nSPS) is 11.6. The van der Waals surface area contributed by atoms with Crippen LogP contribution < -0.4 is 10.5 Å². The highest BCUT2D eigenvalue weighted by atomic mass is 16.5. The molecule has 4 aromatic heterocycles. The number of fused-ring (bicyclic) bond motifs is 5. The summed E-state index contributed by atoms with van der Waals surface area (Å²) in [5.74, 6) is 1.18. The minimum atomic E-state index is 0.361. The highest BCUT2D eigenvalue weighted by molar-refractivity contribution is 6.20. The van der Waals surface area contributed by atoms with Crippen molar-refractivity contribution in [3.05, 3.63) is 133 Å². The first kappa shape index (κ1) is 29.5. The van der Waals surface area contributed by atoms with E-state index >= 15 is 0 Å². The average Bonchev–Trinajstić information content (AvgIpc) is 3.52. The van der Waals surface area contributed by atoms with Crippen LogP contribution in [0.15, 0.2) is 122 Å². The van der Waals surface area contributed by atoms with E-state index in [2.05, 4.69) is 109 Å². The molecule has 240 valence electrons. The molecule has 0 saturated carbocycles. The van der Waals surface area contributed by atoms with Gasteiger partial charge in [0.25, 0.3) is 0 Å². The zero-order valence-corrected chi connectivity index (χ0v) is 27.8. The van der Waals surface area contributed by atoms with Gasteiger partial charge in [-0.05, 0) is 77.7 Å². The van der Waals surface area contributed by atoms with Crippen molar-refractivity contribution in [3.63, 3.8) is 0 Å². The van der Waals surface area contributed by atoms with E-state index in [1.54, 1.807) is 7.11 Å². The van der Waals surface area contributed by atoms with E-state index in [1.807, 2.05) is 30.3 Å². The molecule has 0 atom stereocenters. The number of ether oxygens (including phenoxy) is 1. The van der Waals surface area contributed by atoms with Crippen LogP contribution in [-0.4, -0.2) is 32.0 Å². The fourth-order valence-corrected chi connectivity index (χ4v) is 7.00. The second kappa shape index (κ2) is 11.5. The van der Waals surface area contributed by atoms with E-state index in [0.29, 0.717) is 28.1 Å². The molecule has 0 unspecified atom stereocenters. The molecule has 0 aliphatic rings. The van der Waals surface area contributed by atoms with Gasteiger partial charge in [-0.1, -0.05) is 90.0 Å². The summed E-state index contributed by atoms with van der Waals surface area (Å²) >= 11 is 0. The van der Waals surface area contributed by atoms with Crippen molar-refractivity contribution < 1.29 is 4.74 Å². The van der Waals surface area contributed by atoms with Crippen molar-refractivity contribution in [2.45, 2.75) is 13.8 Å². The molecule has 0 spiro atoms. The largest absolute Gasteiger partial charge is 0.497 e. The third-order valence-electron chi connectivity index (χ3n) is 9.53. The summed E-state index contributed by atoms with van der Waals surface area (Å²) < 4.78 is 5.49. The van der Waals surface area contributed by atoms with Crippen LogP contribution >= 0.6 is 0 Å². The van der Waals surface area contributed by atoms with E-state index in [4.69, 9.17) is 25.4 Å². The lowest BCUT2D eigenvalue weighted by Gasteiger charge is -2.16. The monoisotopic (exact) mass is 648 g/mol. The van der Waals surface area contributed by atoms with E-state index < -0.39 is 0 Å². The van der Waals surface area contributed by atoms with E-state index in [1.165, 1.54) is 11.9 Å². The molecule has 0 bridgehead atoms. The number of hydrogen-bond donors (Lipinski definition) is 2. The van der Waals surface area contributed by atoms with Crippen molar-refractivity contribution in [1.29, 1.82) is 0 Å². The lowest BCUT2D eigenvalue weighted by molar-refractivity contribution is 0.415. The quantitative estimate of drug-likeness (QED) is 0.180. The van der Waals surface area contributed by atoms with E-state index in [9.17, 15) is 0 Å². The topological polar surface area (TPSA) is 103 Å². The first-order valence-electron chi connectivity index (χ1n) is 16.5. The molecule has 0 aliphatic heterocycles. The molecule has 5 aromatic carbocycles. The summed E-state index contributed by atoms with van der Waals surface area (Å²) in [5.41, 5.74) is 18.8. The average molecular weight is 649 g/mol. The number of methoxy groups -OCH3 is 1. The Morgan fingerprint density at radius 1 is 0.660 bits per heavy atom. The Kier molecular flexibility index (Phi) is 6.81. The number of hydrogen-bond acceptors (Lipinski definition) is 6. The van der Waals surface area contributed by atoms with Crippen LogP contribution in [0.25, 0.3) is 88.5 Å². The minimum absolute atomic E-state index is 0.361. The Morgan fingerprint density at radius 3 is 2.24 bits per heavy atom. The van der Waals surface area contributed by atoms with Gasteiger partial charge in [0.05, 0.1) is 40.5 Å². The lowest BCUT2D eigenvalue weighted by Crippen LogP contribution is -2.02. The predicted octanol–water partition coefficient (Wildman–Crippen LogP) is 10.1. The SMILES string of the molecule is COc1ccc2cc(-c3cc(-c4ccc(C)cc4)nc4nc(-c5c(-c6ccccc6)[nH]c6ccc(C)cc56)c5c(N)ncnc5c34)ccc2c1. The Morgan fingerprint density at radius 2 is 1.42 bits per heavy atom. The first-order valence-corrected chi connectivity index (χ1v) is 16.5. The number of aryl methyl sites for hydroxylation is 2. The number of anilines is 1. The van der Waals surface area contributed by atoms with Gasteiger partial charge in [0.1, 0.15) is 17.9 Å². The summed E-state index contributed by atoms with van der Waals surface area (Å²) in [6.07, 6.45) is 1.53. The number of nitrogens with two attached hydrogens (primary N) is 1. The number of benzene rings is 5. The van der Waals surface area contributed by atoms with Crippen molar-refractivity contribution in [3.8, 4) is 50.6 Å². The van der Waals surface area contributed by atoms with Crippen LogP contribution in [0.5, 0.6) is 5.75 Å². The number of H-pyrrole nitrogens is 1. The van der Waals surface area contributed by atoms with Crippen molar-refractivity contribution >= 4 is 49.4 Å². The number of nitrogen functional groups attached to an aromatic ring is 1. The van der Waals surface area contributed by atoms with Gasteiger partial charge in [0, 0.05) is 22.0 Å². The maximum absolute atomic E-state index is 6.81. The van der Waals surface area contributed by atoms with E-state index in [-0.39, 0.29) is 0 Å². The van der Waals surface area contributed by atoms with Gasteiger partial charge < -0.3 is 15.5 Å². The number of nitrogens with one attached hydrogen (secondary N) is 1. The maximum Gasteiger partial charge on any atom is 0.163 e. The number of pyridine rings is 2. The molecule has 0 aliphatic carbocycles. The van der Waals surface area contributed by atoms with Gasteiger partial charge in [-0.15, -0.1) is 0 Å². The Hall–Kier alpha value is -6.60. The molecule has 7 heteroatoms. The molecule has 3 N–H and O–H groups in total. The number of nitrogens with zero attached hydrogens (tertiary/aromatic N) is 4. The summed E-state index contributed by atoms with van der Waals surface area (Å²) in [5, 5.41) is 4.73. The molecule has 50 heavy (non-hydrogen) atoms. The van der Waals surface area contributed by atoms with Crippen LogP contribution in [0.1, 0.15) is 11.1 Å². The Bertz CT molecular complexity index is 2770. The fraction of sp³-hybridized carbons (Fsp3) is 0.0698. The summed E-state index contributed by atoms with van der Waals surface area (Å²) in [7, 11) is 1.69. The third-order valence-corrected chi connectivity index (χ3v) is 9.53. The second-order valence-electron chi connectivity index (χ2n) is 12.8. The molecular weight excluding hydrogens is 617 g/mol. The zero-order valence-electron chi connectivity index (χ0n) is 27.8. The minimum Gasteiger partial charge on any atom is -0.497 e. The van der Waals surface area contributed by atoms with Gasteiger partial charge in [-0.2, -0.15) is 0 Å². The fourth-order valence-electron chi connectivity index (χ4n) is 7.00. The lowest BCUT2D eigenvalue weighted by atomic mass is 9.94. The van der Waals surface area contributed by atoms with Crippen LogP contribution in [0, 0.1) is 13.8 Å². The van der Waals surface area contributed by atoms with Crippen LogP contribution in [0.4, 0.5) is 5.82 Å². The number of aromatic nitrogens is 5. The zero-order chi connectivity index (χ0) is 33.9. The Labute approximate surface area is 288 Å². The van der Waals surface area contributed by atoms with Gasteiger partial charge in [0.15, 0.2) is 5.65 Å². The summed E-state index contributed by atoms with van der Waals surface area (Å²) in [6, 6.07) is 39.9. The van der Waals surface area contributed by atoms with Crippen LogP contribution in [0.3, 0.4) is 0 Å². The smallest absolute Gasteiger partial charge is 0.163 e. The number of rotatable bonds is 5. The van der Waals surface area contributed by atoms with Crippen LogP contribution in [-0.2, 0) is 0 Å². The molecule has 4 heterocycles. The third kappa shape index (κ3) is 4.82. The van der Waals surface area contributed by atoms with Gasteiger partial charge in [0.2, 0.25) is 0 Å². The molecule has 7 nitrogen and oxygen atoms in total. The van der Waals surface area contributed by atoms with Gasteiger partial charge >= 0.3 is 0 Å². The molecule has 9 rings (SSSR count). The van der Waals surface area contributed by atoms with Crippen molar-refractivity contribution in [1.82, 2.24) is 24.9 Å². The van der Waals surface area contributed by atoms with Crippen molar-refractivity contribution in [2.75, 3.05) is 12.8 Å². The predicted molar refractivity (Wildman–Crippen MR) is 204 cm³/mol. The van der Waals surface area contributed by atoms with Crippen molar-refractivity contribution in [2.24, 2.45) is 0 Å². The van der Waals surface area contributed by atoms with E-state index in [0.717, 1.165) is 77.6 Å². The highest BCUT2D eigenvalue weighted by Gasteiger charge is 2.25.